The fourth-order valence-electron chi connectivity index (χ4n) is 1.51. The molecule has 1 fully saturated rings. The lowest BCUT2D eigenvalue weighted by atomic mass is 10.2. The van der Waals surface area contributed by atoms with Crippen LogP contribution in [0.4, 0.5) is 0 Å². The van der Waals surface area contributed by atoms with Crippen LogP contribution in [0.15, 0.2) is 0 Å². The van der Waals surface area contributed by atoms with E-state index in [1.165, 1.54) is 0 Å². The highest BCUT2D eigenvalue weighted by Gasteiger charge is 2.20. The summed E-state index contributed by atoms with van der Waals surface area (Å²) >= 11 is 0. The van der Waals surface area contributed by atoms with E-state index in [-0.39, 0.29) is 6.04 Å². The minimum absolute atomic E-state index is 0.0775. The molecule has 1 N–H and O–H groups in total. The average Bonchev–Trinajstić information content (AvgIpc) is 2.15. The Hall–Kier alpha value is -0.450. The smallest absolute Gasteiger partial charge is 0.138 e. The maximum absolute atomic E-state index is 10.7. The summed E-state index contributed by atoms with van der Waals surface area (Å²) in [4.78, 5) is 15.1. The van der Waals surface area contributed by atoms with Gasteiger partial charge in [-0.25, -0.2) is 0 Å². The molecule has 1 aliphatic rings. The monoisotopic (exact) mass is 185 g/mol. The van der Waals surface area contributed by atoms with Crippen LogP contribution in [0, 0.1) is 0 Å². The van der Waals surface area contributed by atoms with Crippen LogP contribution in [0.1, 0.15) is 0 Å². The topological polar surface area (TPSA) is 35.6 Å². The van der Waals surface area contributed by atoms with Gasteiger partial charge >= 0.3 is 0 Å². The Morgan fingerprint density at radius 2 is 2.38 bits per heavy atom. The van der Waals surface area contributed by atoms with Crippen LogP contribution in [0.25, 0.3) is 0 Å². The molecule has 0 spiro atoms. The Balaban J connectivity index is 2.31. The first kappa shape index (κ1) is 10.6. The predicted molar refractivity (Wildman–Crippen MR) is 52.8 cm³/mol. The molecule has 0 saturated carbocycles. The van der Waals surface area contributed by atoms with Crippen LogP contribution in [0.2, 0.25) is 0 Å². The van der Waals surface area contributed by atoms with Gasteiger partial charge in [-0.15, -0.1) is 0 Å². The molecule has 1 unspecified atom stereocenters. The highest BCUT2D eigenvalue weighted by molar-refractivity contribution is 5.58. The Morgan fingerprint density at radius 1 is 1.62 bits per heavy atom. The van der Waals surface area contributed by atoms with Crippen molar-refractivity contribution in [3.63, 3.8) is 0 Å². The fraction of sp³-hybridized carbons (Fsp3) is 0.889. The Morgan fingerprint density at radius 3 is 3.00 bits per heavy atom. The van der Waals surface area contributed by atoms with Gasteiger partial charge in [-0.1, -0.05) is 0 Å². The van der Waals surface area contributed by atoms with Gasteiger partial charge in [-0.2, -0.15) is 0 Å². The maximum atomic E-state index is 10.7. The lowest BCUT2D eigenvalue weighted by Crippen LogP contribution is -2.53. The first-order valence-electron chi connectivity index (χ1n) is 4.79. The number of hydrogen-bond acceptors (Lipinski definition) is 4. The van der Waals surface area contributed by atoms with Gasteiger partial charge in [0.25, 0.3) is 0 Å². The Labute approximate surface area is 79.9 Å². The van der Waals surface area contributed by atoms with Gasteiger partial charge in [0.15, 0.2) is 0 Å². The van der Waals surface area contributed by atoms with E-state index in [4.69, 9.17) is 0 Å². The van der Waals surface area contributed by atoms with E-state index in [1.807, 2.05) is 0 Å². The number of carbonyl (C=O) groups excluding carboxylic acids is 1. The van der Waals surface area contributed by atoms with E-state index < -0.39 is 0 Å². The van der Waals surface area contributed by atoms with Crippen molar-refractivity contribution in [3.8, 4) is 0 Å². The summed E-state index contributed by atoms with van der Waals surface area (Å²) < 4.78 is 0. The van der Waals surface area contributed by atoms with Crippen molar-refractivity contribution in [1.82, 2.24) is 15.1 Å². The van der Waals surface area contributed by atoms with Crippen LogP contribution in [0.3, 0.4) is 0 Å². The largest absolute Gasteiger partial charge is 0.313 e. The zero-order chi connectivity index (χ0) is 9.68. The molecule has 76 valence electrons. The molecular weight excluding hydrogens is 166 g/mol. The number of nitrogens with one attached hydrogen (secondary N) is 1. The quantitative estimate of drug-likeness (QED) is 0.571. The predicted octanol–water partition coefficient (Wildman–Crippen LogP) is -0.979. The number of carbonyl (C=O) groups is 1. The molecule has 0 aliphatic carbocycles. The number of nitrogens with zero attached hydrogens (tertiary/aromatic N) is 2. The standard InChI is InChI=1S/C9H19N3O/c1-11(2)5-6-12-4-3-10-7-9(12)8-13/h8-10H,3-7H2,1-2H3. The van der Waals surface area contributed by atoms with E-state index >= 15 is 0 Å². The first-order valence-corrected chi connectivity index (χ1v) is 4.79. The van der Waals surface area contributed by atoms with Gasteiger partial charge in [0.2, 0.25) is 0 Å². The summed E-state index contributed by atoms with van der Waals surface area (Å²) in [5.74, 6) is 0. The second-order valence-corrected chi connectivity index (χ2v) is 3.75. The summed E-state index contributed by atoms with van der Waals surface area (Å²) in [7, 11) is 4.11. The summed E-state index contributed by atoms with van der Waals surface area (Å²) in [6.07, 6.45) is 1.04. The lowest BCUT2D eigenvalue weighted by Gasteiger charge is -2.33. The second-order valence-electron chi connectivity index (χ2n) is 3.75. The van der Waals surface area contributed by atoms with Crippen molar-refractivity contribution >= 4 is 6.29 Å². The second kappa shape index (κ2) is 5.32. The Bertz CT molecular complexity index is 161. The molecule has 0 aromatic carbocycles. The molecule has 0 radical (unpaired) electrons. The number of likely N-dealkylation sites (N-methyl/N-ethyl adjacent to an activating group) is 1. The van der Waals surface area contributed by atoms with E-state index in [9.17, 15) is 4.79 Å². The highest BCUT2D eigenvalue weighted by Crippen LogP contribution is 1.99. The van der Waals surface area contributed by atoms with Crippen molar-refractivity contribution in [3.05, 3.63) is 0 Å². The molecule has 0 bridgehead atoms. The molecule has 0 amide bonds. The molecule has 1 heterocycles. The highest BCUT2D eigenvalue weighted by atomic mass is 16.1. The van der Waals surface area contributed by atoms with Crippen molar-refractivity contribution in [2.75, 3.05) is 46.8 Å². The van der Waals surface area contributed by atoms with Gasteiger partial charge in [0.05, 0.1) is 6.04 Å². The molecule has 4 nitrogen and oxygen atoms in total. The van der Waals surface area contributed by atoms with Gasteiger partial charge in [0.1, 0.15) is 6.29 Å². The molecule has 0 aromatic heterocycles. The molecule has 13 heavy (non-hydrogen) atoms. The Kier molecular flexibility index (Phi) is 4.35. The van der Waals surface area contributed by atoms with Crippen LogP contribution in [-0.2, 0) is 4.79 Å². The molecule has 1 atom stereocenters. The number of aldehydes is 1. The third-order valence-corrected chi connectivity index (χ3v) is 2.39. The summed E-state index contributed by atoms with van der Waals surface area (Å²) in [5, 5.41) is 3.22. The van der Waals surface area contributed by atoms with Crippen LogP contribution in [-0.4, -0.2) is 68.9 Å². The van der Waals surface area contributed by atoms with Gasteiger partial charge in [-0.3, -0.25) is 4.90 Å². The third-order valence-electron chi connectivity index (χ3n) is 2.39. The normalized spacial score (nSPS) is 25.0. The van der Waals surface area contributed by atoms with Crippen molar-refractivity contribution in [2.24, 2.45) is 0 Å². The summed E-state index contributed by atoms with van der Waals surface area (Å²) in [6, 6.07) is 0.0775. The molecule has 1 saturated heterocycles. The lowest BCUT2D eigenvalue weighted by molar-refractivity contribution is -0.113. The van der Waals surface area contributed by atoms with E-state index in [2.05, 4.69) is 29.2 Å². The average molecular weight is 185 g/mol. The molecule has 1 aliphatic heterocycles. The zero-order valence-electron chi connectivity index (χ0n) is 8.49. The molecule has 1 rings (SSSR count). The number of piperazine rings is 1. The minimum Gasteiger partial charge on any atom is -0.313 e. The zero-order valence-corrected chi connectivity index (χ0v) is 8.49. The van der Waals surface area contributed by atoms with E-state index in [1.54, 1.807) is 0 Å². The fourth-order valence-corrected chi connectivity index (χ4v) is 1.51. The van der Waals surface area contributed by atoms with Crippen molar-refractivity contribution in [2.45, 2.75) is 6.04 Å². The minimum atomic E-state index is 0.0775. The summed E-state index contributed by atoms with van der Waals surface area (Å²) in [6.45, 7) is 4.79. The SMILES string of the molecule is CN(C)CCN1CCNCC1C=O. The number of hydrogen-bond donors (Lipinski definition) is 1. The van der Waals surface area contributed by atoms with E-state index in [0.717, 1.165) is 39.0 Å². The summed E-state index contributed by atoms with van der Waals surface area (Å²) in [5.41, 5.74) is 0. The van der Waals surface area contributed by atoms with Gasteiger partial charge in [0, 0.05) is 32.7 Å². The third kappa shape index (κ3) is 3.42. The van der Waals surface area contributed by atoms with Crippen LogP contribution >= 0.6 is 0 Å². The number of rotatable bonds is 4. The van der Waals surface area contributed by atoms with Crippen molar-refractivity contribution in [1.29, 1.82) is 0 Å². The van der Waals surface area contributed by atoms with Gasteiger partial charge < -0.3 is 15.0 Å². The van der Waals surface area contributed by atoms with Crippen molar-refractivity contribution < 1.29 is 4.79 Å². The van der Waals surface area contributed by atoms with E-state index in [0.29, 0.717) is 0 Å². The maximum Gasteiger partial charge on any atom is 0.138 e. The van der Waals surface area contributed by atoms with Crippen LogP contribution in [0.5, 0.6) is 0 Å². The van der Waals surface area contributed by atoms with Gasteiger partial charge in [-0.05, 0) is 14.1 Å². The first-order chi connectivity index (χ1) is 6.24. The molecule has 4 heteroatoms. The van der Waals surface area contributed by atoms with Crippen LogP contribution < -0.4 is 5.32 Å². The molecular formula is C9H19N3O. The molecule has 0 aromatic rings.